The van der Waals surface area contributed by atoms with Gasteiger partial charge in [-0.3, -0.25) is 4.79 Å². The molecule has 2 N–H and O–H groups in total. The van der Waals surface area contributed by atoms with Crippen LogP contribution in [0.25, 0.3) is 0 Å². The molecule has 1 fully saturated rings. The predicted molar refractivity (Wildman–Crippen MR) is 77.6 cm³/mol. The number of urea groups is 1. The Morgan fingerprint density at radius 2 is 2.05 bits per heavy atom. The second-order valence-electron chi connectivity index (χ2n) is 6.26. The van der Waals surface area contributed by atoms with Gasteiger partial charge in [-0.2, -0.15) is 0 Å². The molecule has 1 rings (SSSR count). The summed E-state index contributed by atoms with van der Waals surface area (Å²) in [6.07, 6.45) is 0.925. The Bertz CT molecular complexity index is 345. The number of nitrogens with one attached hydrogen (secondary N) is 1. The first-order valence-corrected chi connectivity index (χ1v) is 7.21. The third kappa shape index (κ3) is 5.36. The molecule has 1 aliphatic heterocycles. The summed E-state index contributed by atoms with van der Waals surface area (Å²) in [6.45, 7) is 6.18. The Morgan fingerprint density at radius 1 is 1.40 bits per heavy atom. The zero-order chi connectivity index (χ0) is 15.3. The topological polar surface area (TPSA) is 72.9 Å². The second kappa shape index (κ2) is 7.47. The van der Waals surface area contributed by atoms with Crippen molar-refractivity contribution in [1.82, 2.24) is 15.1 Å². The second-order valence-corrected chi connectivity index (χ2v) is 6.26. The van der Waals surface area contributed by atoms with Crippen LogP contribution >= 0.6 is 0 Å². The summed E-state index contributed by atoms with van der Waals surface area (Å²) in [5, 5.41) is 11.9. The van der Waals surface area contributed by atoms with Crippen LogP contribution in [0, 0.1) is 11.8 Å². The number of carboxylic acid groups (broad SMARTS) is 1. The van der Waals surface area contributed by atoms with Crippen molar-refractivity contribution < 1.29 is 14.7 Å². The molecule has 6 heteroatoms. The Kier molecular flexibility index (Phi) is 6.26. The molecule has 0 aliphatic carbocycles. The largest absolute Gasteiger partial charge is 0.481 e. The van der Waals surface area contributed by atoms with Gasteiger partial charge in [0, 0.05) is 32.1 Å². The van der Waals surface area contributed by atoms with E-state index in [1.54, 1.807) is 4.90 Å². The molecule has 2 amide bonds. The van der Waals surface area contributed by atoms with Crippen LogP contribution < -0.4 is 5.32 Å². The smallest absolute Gasteiger partial charge is 0.317 e. The quantitative estimate of drug-likeness (QED) is 0.766. The molecule has 0 saturated carbocycles. The third-order valence-electron chi connectivity index (χ3n) is 3.71. The Morgan fingerprint density at radius 3 is 2.55 bits per heavy atom. The lowest BCUT2D eigenvalue weighted by molar-refractivity contribution is -0.138. The Balaban J connectivity index is 2.47. The number of carbonyl (C=O) groups excluding carboxylic acids is 1. The fourth-order valence-corrected chi connectivity index (χ4v) is 2.50. The maximum atomic E-state index is 12.2. The summed E-state index contributed by atoms with van der Waals surface area (Å²) in [4.78, 5) is 26.7. The molecule has 1 saturated heterocycles. The van der Waals surface area contributed by atoms with Crippen molar-refractivity contribution in [3.8, 4) is 0 Å². The third-order valence-corrected chi connectivity index (χ3v) is 3.71. The number of carboxylic acids is 1. The van der Waals surface area contributed by atoms with E-state index in [-0.39, 0.29) is 24.4 Å². The minimum atomic E-state index is -0.787. The minimum absolute atomic E-state index is 0.0709. The lowest BCUT2D eigenvalue weighted by Gasteiger charge is -2.28. The van der Waals surface area contributed by atoms with E-state index in [1.807, 2.05) is 14.1 Å². The van der Waals surface area contributed by atoms with Gasteiger partial charge in [0.2, 0.25) is 0 Å². The number of hydrogen-bond acceptors (Lipinski definition) is 3. The first kappa shape index (κ1) is 16.8. The molecule has 0 radical (unpaired) electrons. The van der Waals surface area contributed by atoms with E-state index in [9.17, 15) is 9.59 Å². The number of carbonyl (C=O) groups is 2. The van der Waals surface area contributed by atoms with E-state index in [0.29, 0.717) is 19.0 Å². The zero-order valence-electron chi connectivity index (χ0n) is 12.9. The van der Waals surface area contributed by atoms with Crippen molar-refractivity contribution in [2.45, 2.75) is 32.7 Å². The molecule has 20 heavy (non-hydrogen) atoms. The van der Waals surface area contributed by atoms with Crippen LogP contribution in [-0.2, 0) is 4.79 Å². The molecule has 2 atom stereocenters. The normalized spacial score (nSPS) is 20.5. The standard InChI is InChI=1S/C14H27N3O3/c1-10(2)12(9-16(3)4)15-14(20)17-6-5-11(8-17)7-13(18)19/h10-12H,5-9H2,1-4H3,(H,15,20)(H,18,19). The minimum Gasteiger partial charge on any atom is -0.481 e. The van der Waals surface area contributed by atoms with Crippen molar-refractivity contribution in [2.24, 2.45) is 11.8 Å². The molecular formula is C14H27N3O3. The van der Waals surface area contributed by atoms with Crippen LogP contribution in [0.3, 0.4) is 0 Å². The van der Waals surface area contributed by atoms with Crippen LogP contribution in [0.15, 0.2) is 0 Å². The van der Waals surface area contributed by atoms with E-state index in [2.05, 4.69) is 24.1 Å². The fourth-order valence-electron chi connectivity index (χ4n) is 2.50. The highest BCUT2D eigenvalue weighted by molar-refractivity contribution is 5.75. The highest BCUT2D eigenvalue weighted by Gasteiger charge is 2.29. The molecule has 0 bridgehead atoms. The molecule has 0 aromatic heterocycles. The Hall–Kier alpha value is -1.30. The molecular weight excluding hydrogens is 258 g/mol. The van der Waals surface area contributed by atoms with Crippen LogP contribution in [0.1, 0.15) is 26.7 Å². The highest BCUT2D eigenvalue weighted by atomic mass is 16.4. The van der Waals surface area contributed by atoms with Gasteiger partial charge in [0.05, 0.1) is 0 Å². The van der Waals surface area contributed by atoms with Gasteiger partial charge in [-0.1, -0.05) is 13.8 Å². The van der Waals surface area contributed by atoms with Crippen molar-refractivity contribution in [1.29, 1.82) is 0 Å². The maximum Gasteiger partial charge on any atom is 0.317 e. The van der Waals surface area contributed by atoms with E-state index in [1.165, 1.54) is 0 Å². The van der Waals surface area contributed by atoms with Gasteiger partial charge < -0.3 is 20.2 Å². The molecule has 116 valence electrons. The summed E-state index contributed by atoms with van der Waals surface area (Å²) in [6, 6.07) is 0.0365. The van der Waals surface area contributed by atoms with Crippen molar-refractivity contribution >= 4 is 12.0 Å². The van der Waals surface area contributed by atoms with Gasteiger partial charge in [0.15, 0.2) is 0 Å². The maximum absolute atomic E-state index is 12.2. The Labute approximate surface area is 121 Å². The lowest BCUT2D eigenvalue weighted by Crippen LogP contribution is -2.49. The number of likely N-dealkylation sites (N-methyl/N-ethyl adjacent to an activating group) is 1. The number of aliphatic carboxylic acids is 1. The van der Waals surface area contributed by atoms with Crippen molar-refractivity contribution in [3.05, 3.63) is 0 Å². The number of hydrogen-bond donors (Lipinski definition) is 2. The molecule has 0 aromatic rings. The molecule has 0 aromatic carbocycles. The SMILES string of the molecule is CC(C)C(CN(C)C)NC(=O)N1CCC(CC(=O)O)C1. The lowest BCUT2D eigenvalue weighted by atomic mass is 10.0. The molecule has 2 unspecified atom stereocenters. The predicted octanol–water partition coefficient (Wildman–Crippen LogP) is 1.08. The molecule has 1 heterocycles. The average Bonchev–Trinajstić information content (AvgIpc) is 2.74. The van der Waals surface area contributed by atoms with Crippen LogP contribution in [-0.4, -0.2) is 66.7 Å². The van der Waals surface area contributed by atoms with Gasteiger partial charge >= 0.3 is 12.0 Å². The van der Waals surface area contributed by atoms with E-state index < -0.39 is 5.97 Å². The number of nitrogens with zero attached hydrogens (tertiary/aromatic N) is 2. The van der Waals surface area contributed by atoms with E-state index >= 15 is 0 Å². The molecule has 0 spiro atoms. The summed E-state index contributed by atoms with van der Waals surface area (Å²) < 4.78 is 0. The first-order chi connectivity index (χ1) is 9.29. The molecule has 6 nitrogen and oxygen atoms in total. The summed E-state index contributed by atoms with van der Waals surface area (Å²) in [5.74, 6) is -0.340. The van der Waals surface area contributed by atoms with Crippen molar-refractivity contribution in [3.63, 3.8) is 0 Å². The van der Waals surface area contributed by atoms with Gasteiger partial charge in [0.1, 0.15) is 0 Å². The van der Waals surface area contributed by atoms with Crippen molar-refractivity contribution in [2.75, 3.05) is 33.7 Å². The summed E-state index contributed by atoms with van der Waals surface area (Å²) in [7, 11) is 3.97. The summed E-state index contributed by atoms with van der Waals surface area (Å²) in [5.41, 5.74) is 0. The average molecular weight is 285 g/mol. The van der Waals surface area contributed by atoms with Gasteiger partial charge in [0.25, 0.3) is 0 Å². The zero-order valence-corrected chi connectivity index (χ0v) is 12.9. The van der Waals surface area contributed by atoms with Crippen LogP contribution in [0.2, 0.25) is 0 Å². The van der Waals surface area contributed by atoms with E-state index in [0.717, 1.165) is 13.0 Å². The first-order valence-electron chi connectivity index (χ1n) is 7.21. The highest BCUT2D eigenvalue weighted by Crippen LogP contribution is 2.19. The van der Waals surface area contributed by atoms with Gasteiger partial charge in [-0.15, -0.1) is 0 Å². The van der Waals surface area contributed by atoms with Gasteiger partial charge in [-0.25, -0.2) is 4.79 Å². The van der Waals surface area contributed by atoms with Crippen LogP contribution in [0.5, 0.6) is 0 Å². The monoisotopic (exact) mass is 285 g/mol. The van der Waals surface area contributed by atoms with Crippen LogP contribution in [0.4, 0.5) is 4.79 Å². The number of likely N-dealkylation sites (tertiary alicyclic amines) is 1. The number of rotatable bonds is 6. The molecule has 1 aliphatic rings. The van der Waals surface area contributed by atoms with Gasteiger partial charge in [-0.05, 0) is 32.4 Å². The number of amides is 2. The summed E-state index contributed by atoms with van der Waals surface area (Å²) >= 11 is 0. The fraction of sp³-hybridized carbons (Fsp3) is 0.857. The van der Waals surface area contributed by atoms with E-state index in [4.69, 9.17) is 5.11 Å².